The molecule has 5 heteroatoms. The van der Waals surface area contributed by atoms with Crippen molar-refractivity contribution >= 4 is 23.0 Å². The van der Waals surface area contributed by atoms with Gasteiger partial charge in [0.2, 0.25) is 0 Å². The Kier molecular flexibility index (Phi) is 5.56. The maximum absolute atomic E-state index is 8.86. The van der Waals surface area contributed by atoms with Crippen molar-refractivity contribution in [3.63, 3.8) is 0 Å². The van der Waals surface area contributed by atoms with Crippen molar-refractivity contribution in [3.8, 4) is 6.07 Å². The van der Waals surface area contributed by atoms with Crippen LogP contribution in [0.15, 0.2) is 24.3 Å². The number of nitrogens with one attached hydrogen (secondary N) is 1. The molecular formula is C13H17N3OS. The van der Waals surface area contributed by atoms with Crippen molar-refractivity contribution in [2.24, 2.45) is 0 Å². The van der Waals surface area contributed by atoms with Crippen LogP contribution in [0.3, 0.4) is 0 Å². The normalized spacial score (nSPS) is 11.4. The van der Waals surface area contributed by atoms with E-state index in [2.05, 4.69) is 11.4 Å². The molecule has 1 N–H and O–H groups in total. The predicted molar refractivity (Wildman–Crippen MR) is 76.6 cm³/mol. The minimum absolute atomic E-state index is 0.143. The zero-order chi connectivity index (χ0) is 13.5. The Bertz CT molecular complexity index is 456. The average molecular weight is 263 g/mol. The number of rotatable bonds is 4. The fraction of sp³-hybridized carbons (Fsp3) is 0.385. The second-order valence-corrected chi connectivity index (χ2v) is 4.41. The summed E-state index contributed by atoms with van der Waals surface area (Å²) in [6, 6.07) is 9.57. The van der Waals surface area contributed by atoms with Crippen molar-refractivity contribution in [2.75, 3.05) is 25.7 Å². The first-order chi connectivity index (χ1) is 8.58. The van der Waals surface area contributed by atoms with Gasteiger partial charge in [0, 0.05) is 25.9 Å². The summed E-state index contributed by atoms with van der Waals surface area (Å²) in [4.78, 5) is 1.84. The van der Waals surface area contributed by atoms with Crippen LogP contribution in [0, 0.1) is 11.3 Å². The summed E-state index contributed by atoms with van der Waals surface area (Å²) >= 11 is 5.31. The predicted octanol–water partition coefficient (Wildman–Crippen LogP) is 1.90. The highest BCUT2D eigenvalue weighted by molar-refractivity contribution is 7.80. The van der Waals surface area contributed by atoms with Gasteiger partial charge in [-0.05, 0) is 37.3 Å². The summed E-state index contributed by atoms with van der Waals surface area (Å²) in [5.74, 6) is 0. The second-order valence-electron chi connectivity index (χ2n) is 4.03. The molecule has 0 fully saturated rings. The lowest BCUT2D eigenvalue weighted by Crippen LogP contribution is -2.43. The summed E-state index contributed by atoms with van der Waals surface area (Å²) in [6.07, 6.45) is 0. The molecule has 1 rings (SSSR count). The first-order valence-electron chi connectivity index (χ1n) is 5.61. The molecule has 0 aromatic heterocycles. The maximum Gasteiger partial charge on any atom is 0.173 e. The Morgan fingerprint density at radius 3 is 2.94 bits per heavy atom. The van der Waals surface area contributed by atoms with E-state index in [0.717, 1.165) is 5.69 Å². The maximum atomic E-state index is 8.86. The topological polar surface area (TPSA) is 48.3 Å². The lowest BCUT2D eigenvalue weighted by Gasteiger charge is -2.24. The van der Waals surface area contributed by atoms with Gasteiger partial charge in [-0.2, -0.15) is 5.26 Å². The zero-order valence-electron chi connectivity index (χ0n) is 10.8. The first kappa shape index (κ1) is 14.4. The quantitative estimate of drug-likeness (QED) is 0.841. The Morgan fingerprint density at radius 1 is 1.61 bits per heavy atom. The van der Waals surface area contributed by atoms with Gasteiger partial charge in [0.05, 0.1) is 18.2 Å². The molecule has 96 valence electrons. The van der Waals surface area contributed by atoms with Crippen LogP contribution in [0.4, 0.5) is 5.69 Å². The minimum atomic E-state index is 0.143. The second kappa shape index (κ2) is 6.94. The van der Waals surface area contributed by atoms with Gasteiger partial charge in [-0.1, -0.05) is 6.07 Å². The Labute approximate surface area is 113 Å². The molecule has 0 aliphatic rings. The Morgan fingerprint density at radius 2 is 2.33 bits per heavy atom. The minimum Gasteiger partial charge on any atom is -0.383 e. The number of nitrogens with zero attached hydrogens (tertiary/aromatic N) is 2. The van der Waals surface area contributed by atoms with Gasteiger partial charge >= 0.3 is 0 Å². The summed E-state index contributed by atoms with van der Waals surface area (Å²) in [7, 11) is 3.52. The number of benzene rings is 1. The fourth-order valence-corrected chi connectivity index (χ4v) is 1.81. The molecule has 1 aromatic rings. The van der Waals surface area contributed by atoms with Gasteiger partial charge < -0.3 is 15.0 Å². The van der Waals surface area contributed by atoms with Crippen LogP contribution in [0.5, 0.6) is 0 Å². The van der Waals surface area contributed by atoms with Gasteiger partial charge in [-0.15, -0.1) is 0 Å². The van der Waals surface area contributed by atoms with E-state index in [9.17, 15) is 0 Å². The van der Waals surface area contributed by atoms with Gasteiger partial charge in [-0.25, -0.2) is 0 Å². The molecule has 1 atom stereocenters. The molecule has 0 aliphatic heterocycles. The summed E-state index contributed by atoms with van der Waals surface area (Å²) in [6.45, 7) is 2.58. The van der Waals surface area contributed by atoms with Crippen molar-refractivity contribution in [2.45, 2.75) is 13.0 Å². The Hall–Kier alpha value is -1.64. The molecule has 0 saturated heterocycles. The third kappa shape index (κ3) is 3.99. The zero-order valence-corrected chi connectivity index (χ0v) is 11.6. The van der Waals surface area contributed by atoms with Gasteiger partial charge in [0.15, 0.2) is 5.11 Å². The highest BCUT2D eigenvalue weighted by Crippen LogP contribution is 2.14. The molecule has 0 heterocycles. The number of anilines is 1. The molecule has 1 unspecified atom stereocenters. The molecule has 0 bridgehead atoms. The molecule has 0 radical (unpaired) electrons. The van der Waals surface area contributed by atoms with Crippen LogP contribution in [-0.2, 0) is 4.74 Å². The van der Waals surface area contributed by atoms with Crippen LogP contribution in [0.25, 0.3) is 0 Å². The fourth-order valence-electron chi connectivity index (χ4n) is 1.50. The van der Waals surface area contributed by atoms with Crippen molar-refractivity contribution in [3.05, 3.63) is 29.8 Å². The molecule has 0 amide bonds. The average Bonchev–Trinajstić information content (AvgIpc) is 2.38. The lowest BCUT2D eigenvalue weighted by molar-refractivity contribution is 0.179. The monoisotopic (exact) mass is 263 g/mol. The third-order valence-electron chi connectivity index (χ3n) is 2.45. The molecule has 0 aliphatic carbocycles. The molecule has 1 aromatic carbocycles. The molecule has 18 heavy (non-hydrogen) atoms. The van der Waals surface area contributed by atoms with Gasteiger partial charge in [0.1, 0.15) is 0 Å². The number of hydrogen-bond donors (Lipinski definition) is 1. The van der Waals surface area contributed by atoms with Crippen LogP contribution < -0.4 is 10.2 Å². The van der Waals surface area contributed by atoms with E-state index in [1.807, 2.05) is 31.0 Å². The van der Waals surface area contributed by atoms with Gasteiger partial charge in [0.25, 0.3) is 0 Å². The lowest BCUT2D eigenvalue weighted by atomic mass is 10.2. The molecule has 4 nitrogen and oxygen atoms in total. The SMILES string of the molecule is COCC(C)NC(=S)N(C)c1cccc(C#N)c1. The number of hydrogen-bond acceptors (Lipinski definition) is 3. The van der Waals surface area contributed by atoms with Crippen molar-refractivity contribution < 1.29 is 4.74 Å². The van der Waals surface area contributed by atoms with Crippen LogP contribution in [-0.4, -0.2) is 31.9 Å². The van der Waals surface area contributed by atoms with E-state index in [4.69, 9.17) is 22.2 Å². The van der Waals surface area contributed by atoms with Crippen LogP contribution in [0.2, 0.25) is 0 Å². The van der Waals surface area contributed by atoms with Crippen LogP contribution >= 0.6 is 12.2 Å². The Balaban J connectivity index is 2.71. The van der Waals surface area contributed by atoms with E-state index >= 15 is 0 Å². The smallest absolute Gasteiger partial charge is 0.173 e. The van der Waals surface area contributed by atoms with E-state index in [0.29, 0.717) is 17.3 Å². The highest BCUT2D eigenvalue weighted by Gasteiger charge is 2.10. The largest absolute Gasteiger partial charge is 0.383 e. The third-order valence-corrected chi connectivity index (χ3v) is 2.85. The van der Waals surface area contributed by atoms with Crippen molar-refractivity contribution in [1.82, 2.24) is 5.32 Å². The number of nitriles is 1. The molecule has 0 saturated carbocycles. The summed E-state index contributed by atoms with van der Waals surface area (Å²) in [5.41, 5.74) is 1.50. The van der Waals surface area contributed by atoms with Crippen LogP contribution in [0.1, 0.15) is 12.5 Å². The first-order valence-corrected chi connectivity index (χ1v) is 6.02. The van der Waals surface area contributed by atoms with E-state index in [1.54, 1.807) is 19.2 Å². The standard InChI is InChI=1S/C13H17N3OS/c1-10(9-17-3)15-13(18)16(2)12-6-4-5-11(7-12)8-14/h4-7,10H,9H2,1-3H3,(H,15,18). The van der Waals surface area contributed by atoms with E-state index in [1.165, 1.54) is 0 Å². The summed E-state index contributed by atoms with van der Waals surface area (Å²) < 4.78 is 5.04. The van der Waals surface area contributed by atoms with E-state index in [-0.39, 0.29) is 6.04 Å². The summed E-state index contributed by atoms with van der Waals surface area (Å²) in [5, 5.41) is 12.6. The van der Waals surface area contributed by atoms with Crippen molar-refractivity contribution in [1.29, 1.82) is 5.26 Å². The number of thiocarbonyl (C=S) groups is 1. The molecule has 0 spiro atoms. The van der Waals surface area contributed by atoms with E-state index < -0.39 is 0 Å². The van der Waals surface area contributed by atoms with Gasteiger partial charge in [-0.3, -0.25) is 0 Å². The highest BCUT2D eigenvalue weighted by atomic mass is 32.1. The molecular weight excluding hydrogens is 246 g/mol. The number of ether oxygens (including phenoxy) is 1. The number of methoxy groups -OCH3 is 1.